The summed E-state index contributed by atoms with van der Waals surface area (Å²) in [7, 11) is 0. The van der Waals surface area contributed by atoms with E-state index in [0.717, 1.165) is 43.2 Å². The largest absolute Gasteiger partial charge is 0.343 e. The Bertz CT molecular complexity index is 603. The minimum absolute atomic E-state index is 0.417. The minimum Gasteiger partial charge on any atom is -0.343 e. The lowest BCUT2D eigenvalue weighted by Gasteiger charge is -2.30. The fourth-order valence-corrected chi connectivity index (χ4v) is 6.27. The molecule has 1 saturated heterocycles. The number of hydrogen-bond acceptors (Lipinski definition) is 1. The average Bonchev–Trinajstić information content (AvgIpc) is 3.31. The number of nitrogens with zero attached hydrogens (tertiary/aromatic N) is 1. The van der Waals surface area contributed by atoms with Gasteiger partial charge in [0.15, 0.2) is 0 Å². The van der Waals surface area contributed by atoms with Gasteiger partial charge in [-0.1, -0.05) is 24.3 Å². The van der Waals surface area contributed by atoms with Gasteiger partial charge in [-0.25, -0.2) is 0 Å². The monoisotopic (exact) mass is 295 g/mol. The third kappa shape index (κ3) is 1.76. The molecule has 0 spiro atoms. The van der Waals surface area contributed by atoms with E-state index in [4.69, 9.17) is 0 Å². The normalized spacial score (nSPS) is 38.4. The average molecular weight is 295 g/mol. The van der Waals surface area contributed by atoms with Crippen molar-refractivity contribution in [1.82, 2.24) is 4.90 Å². The highest BCUT2D eigenvalue weighted by Gasteiger charge is 2.55. The van der Waals surface area contributed by atoms with E-state index in [1.807, 2.05) is 0 Å². The maximum absolute atomic E-state index is 12.7. The van der Waals surface area contributed by atoms with Crippen LogP contribution in [0.2, 0.25) is 0 Å². The smallest absolute Gasteiger partial charge is 0.223 e. The van der Waals surface area contributed by atoms with Crippen LogP contribution in [-0.2, 0) is 4.79 Å². The van der Waals surface area contributed by atoms with Gasteiger partial charge in [-0.3, -0.25) is 4.79 Å². The minimum atomic E-state index is 0.417. The Balaban J connectivity index is 1.47. The molecule has 2 saturated carbocycles. The molecule has 0 aromatic heterocycles. The van der Waals surface area contributed by atoms with Gasteiger partial charge >= 0.3 is 0 Å². The molecular weight excluding hydrogens is 270 g/mol. The number of fused-ring (bicyclic) bond motifs is 7. The van der Waals surface area contributed by atoms with Crippen molar-refractivity contribution < 1.29 is 4.79 Å². The van der Waals surface area contributed by atoms with Crippen LogP contribution in [0, 0.1) is 17.8 Å². The SMILES string of the molecule is O=C(C[C@@H]1c2ccccc2[C@H]2[C@@H]3CC[C@@H](C3)[C@H]21)N1CCCC1. The topological polar surface area (TPSA) is 20.3 Å². The van der Waals surface area contributed by atoms with E-state index in [9.17, 15) is 4.79 Å². The van der Waals surface area contributed by atoms with Crippen LogP contribution in [0.25, 0.3) is 0 Å². The van der Waals surface area contributed by atoms with E-state index in [2.05, 4.69) is 29.2 Å². The van der Waals surface area contributed by atoms with Crippen LogP contribution in [0.1, 0.15) is 61.5 Å². The van der Waals surface area contributed by atoms with Crippen LogP contribution in [0.5, 0.6) is 0 Å². The maximum Gasteiger partial charge on any atom is 0.223 e. The molecule has 1 heterocycles. The molecule has 3 fully saturated rings. The first kappa shape index (κ1) is 13.2. The number of hydrogen-bond donors (Lipinski definition) is 0. The maximum atomic E-state index is 12.7. The van der Waals surface area contributed by atoms with Crippen molar-refractivity contribution in [3.05, 3.63) is 35.4 Å². The van der Waals surface area contributed by atoms with Crippen molar-refractivity contribution in [3.8, 4) is 0 Å². The van der Waals surface area contributed by atoms with Crippen LogP contribution >= 0.6 is 0 Å². The van der Waals surface area contributed by atoms with Crippen LogP contribution in [-0.4, -0.2) is 23.9 Å². The quantitative estimate of drug-likeness (QED) is 0.809. The van der Waals surface area contributed by atoms with E-state index in [1.165, 1.54) is 37.7 Å². The van der Waals surface area contributed by atoms with Gasteiger partial charge in [0.2, 0.25) is 5.91 Å². The Morgan fingerprint density at radius 2 is 1.77 bits per heavy atom. The van der Waals surface area contributed by atoms with Crippen molar-refractivity contribution in [2.45, 2.75) is 50.4 Å². The summed E-state index contributed by atoms with van der Waals surface area (Å²) in [5, 5.41) is 0. The molecule has 1 aromatic rings. The van der Waals surface area contributed by atoms with E-state index < -0.39 is 0 Å². The van der Waals surface area contributed by atoms with E-state index in [0.29, 0.717) is 11.8 Å². The summed E-state index contributed by atoms with van der Waals surface area (Å²) in [5.41, 5.74) is 3.11. The molecular formula is C20H25NO. The molecule has 0 radical (unpaired) electrons. The number of likely N-dealkylation sites (tertiary alicyclic amines) is 1. The molecule has 116 valence electrons. The number of amides is 1. The summed E-state index contributed by atoms with van der Waals surface area (Å²) < 4.78 is 0. The standard InChI is InChI=1S/C20H25NO/c22-18(21-9-3-4-10-21)12-17-15-5-1-2-6-16(15)19-13-7-8-14(11-13)20(17)19/h1-2,5-6,13-14,17,19-20H,3-4,7-12H2/t13-,14+,17-,19-,20+/m1/s1. The summed E-state index contributed by atoms with van der Waals surface area (Å²) in [6.45, 7) is 1.99. The molecule has 3 aliphatic carbocycles. The van der Waals surface area contributed by atoms with E-state index in [1.54, 1.807) is 5.56 Å². The fourth-order valence-electron chi connectivity index (χ4n) is 6.27. The third-order valence-corrected chi connectivity index (χ3v) is 7.05. The second-order valence-corrected chi connectivity index (χ2v) is 7.96. The van der Waals surface area contributed by atoms with Crippen molar-refractivity contribution in [2.24, 2.45) is 17.8 Å². The van der Waals surface area contributed by atoms with Crippen molar-refractivity contribution in [2.75, 3.05) is 13.1 Å². The Kier molecular flexibility index (Phi) is 2.90. The zero-order chi connectivity index (χ0) is 14.7. The summed E-state index contributed by atoms with van der Waals surface area (Å²) in [6, 6.07) is 9.05. The predicted molar refractivity (Wildman–Crippen MR) is 86.7 cm³/mol. The lowest BCUT2D eigenvalue weighted by Crippen LogP contribution is -2.31. The lowest BCUT2D eigenvalue weighted by molar-refractivity contribution is -0.130. The van der Waals surface area contributed by atoms with Gasteiger partial charge in [0.05, 0.1) is 0 Å². The molecule has 22 heavy (non-hydrogen) atoms. The molecule has 0 N–H and O–H groups in total. The Morgan fingerprint density at radius 3 is 2.59 bits per heavy atom. The zero-order valence-corrected chi connectivity index (χ0v) is 13.2. The number of rotatable bonds is 2. The van der Waals surface area contributed by atoms with E-state index >= 15 is 0 Å². The molecule has 5 atom stereocenters. The molecule has 2 nitrogen and oxygen atoms in total. The zero-order valence-electron chi connectivity index (χ0n) is 13.2. The first-order valence-electron chi connectivity index (χ1n) is 9.19. The first-order valence-corrected chi connectivity index (χ1v) is 9.19. The molecule has 1 aliphatic heterocycles. The predicted octanol–water partition coefficient (Wildman–Crippen LogP) is 3.93. The Morgan fingerprint density at radius 1 is 1.05 bits per heavy atom. The van der Waals surface area contributed by atoms with Gasteiger partial charge in [-0.05, 0) is 72.8 Å². The van der Waals surface area contributed by atoms with Crippen molar-refractivity contribution in [1.29, 1.82) is 0 Å². The molecule has 5 rings (SSSR count). The summed E-state index contributed by atoms with van der Waals surface area (Å²) >= 11 is 0. The molecule has 2 bridgehead atoms. The van der Waals surface area contributed by atoms with Gasteiger partial charge in [-0.15, -0.1) is 0 Å². The third-order valence-electron chi connectivity index (χ3n) is 7.05. The number of carbonyl (C=O) groups excluding carboxylic acids is 1. The van der Waals surface area contributed by atoms with Gasteiger partial charge in [0.1, 0.15) is 0 Å². The highest BCUT2D eigenvalue weighted by Crippen LogP contribution is 2.66. The molecule has 1 amide bonds. The van der Waals surface area contributed by atoms with Crippen LogP contribution in [0.4, 0.5) is 0 Å². The highest BCUT2D eigenvalue weighted by atomic mass is 16.2. The lowest BCUT2D eigenvalue weighted by atomic mass is 9.75. The Hall–Kier alpha value is -1.31. The molecule has 4 aliphatic rings. The molecule has 2 heteroatoms. The molecule has 1 aromatic carbocycles. The first-order chi connectivity index (χ1) is 10.8. The van der Waals surface area contributed by atoms with Crippen LogP contribution < -0.4 is 0 Å². The number of benzene rings is 1. The van der Waals surface area contributed by atoms with Crippen LogP contribution in [0.3, 0.4) is 0 Å². The van der Waals surface area contributed by atoms with Crippen molar-refractivity contribution in [3.63, 3.8) is 0 Å². The number of carbonyl (C=O) groups is 1. The van der Waals surface area contributed by atoms with Gasteiger partial charge in [0, 0.05) is 19.5 Å². The summed E-state index contributed by atoms with van der Waals surface area (Å²) in [6.07, 6.45) is 7.42. The van der Waals surface area contributed by atoms with E-state index in [-0.39, 0.29) is 0 Å². The van der Waals surface area contributed by atoms with Gasteiger partial charge < -0.3 is 4.90 Å². The van der Waals surface area contributed by atoms with Crippen LogP contribution in [0.15, 0.2) is 24.3 Å². The second-order valence-electron chi connectivity index (χ2n) is 7.96. The Labute approximate surface area is 132 Å². The summed E-state index contributed by atoms with van der Waals surface area (Å²) in [4.78, 5) is 14.8. The van der Waals surface area contributed by atoms with Gasteiger partial charge in [-0.2, -0.15) is 0 Å². The second kappa shape index (κ2) is 4.84. The highest BCUT2D eigenvalue weighted by molar-refractivity contribution is 5.78. The van der Waals surface area contributed by atoms with Gasteiger partial charge in [0.25, 0.3) is 0 Å². The molecule has 0 unspecified atom stereocenters. The summed E-state index contributed by atoms with van der Waals surface area (Å²) in [5.74, 6) is 4.25. The van der Waals surface area contributed by atoms with Crippen molar-refractivity contribution >= 4 is 5.91 Å². The fraction of sp³-hybridized carbons (Fsp3) is 0.650.